The Hall–Kier alpha value is -1.63. The third-order valence-electron chi connectivity index (χ3n) is 3.95. The quantitative estimate of drug-likeness (QED) is 0.842. The molecular formula is C15H17Cl2N5O. The third kappa shape index (κ3) is 3.65. The highest BCUT2D eigenvalue weighted by atomic mass is 35.5. The van der Waals surface area contributed by atoms with Crippen LogP contribution >= 0.6 is 23.2 Å². The normalized spacial score (nSPS) is 15.9. The molecule has 23 heavy (non-hydrogen) atoms. The number of anilines is 1. The smallest absolute Gasteiger partial charge is 0.287 e. The minimum absolute atomic E-state index is 0.232. The van der Waals surface area contributed by atoms with Gasteiger partial charge in [0.15, 0.2) is 0 Å². The van der Waals surface area contributed by atoms with E-state index in [4.69, 9.17) is 23.2 Å². The predicted octanol–water partition coefficient (Wildman–Crippen LogP) is 1.80. The lowest BCUT2D eigenvalue weighted by molar-refractivity contribution is 0.247. The van der Waals surface area contributed by atoms with E-state index in [9.17, 15) is 4.79 Å². The molecule has 2 aromatic rings. The van der Waals surface area contributed by atoms with Gasteiger partial charge in [-0.15, -0.1) is 0 Å². The van der Waals surface area contributed by atoms with Gasteiger partial charge in [-0.25, -0.2) is 4.68 Å². The molecule has 8 heteroatoms. The van der Waals surface area contributed by atoms with E-state index in [0.29, 0.717) is 10.7 Å². The van der Waals surface area contributed by atoms with Crippen LogP contribution in [0.3, 0.4) is 0 Å². The number of aryl methyl sites for hydroxylation is 1. The van der Waals surface area contributed by atoms with Crippen LogP contribution in [0, 0.1) is 0 Å². The van der Waals surface area contributed by atoms with Crippen molar-refractivity contribution in [2.75, 3.05) is 31.1 Å². The van der Waals surface area contributed by atoms with Crippen molar-refractivity contribution in [3.05, 3.63) is 50.6 Å². The first-order chi connectivity index (χ1) is 11.0. The van der Waals surface area contributed by atoms with E-state index in [1.165, 1.54) is 4.68 Å². The standard InChI is InChI=1S/C15H17Cl2N5O/c1-20-15(23)14(17)13(9-19-20)22-6-4-21(5-7-22)10-12-3-2-11(16)8-18-12/h2-3,8-9H,4-7,10H2,1H3. The first kappa shape index (κ1) is 16.2. The molecule has 1 fully saturated rings. The van der Waals surface area contributed by atoms with E-state index in [2.05, 4.69) is 19.9 Å². The maximum absolute atomic E-state index is 11.9. The van der Waals surface area contributed by atoms with E-state index >= 15 is 0 Å². The summed E-state index contributed by atoms with van der Waals surface area (Å²) in [7, 11) is 1.59. The van der Waals surface area contributed by atoms with Gasteiger partial charge < -0.3 is 4.90 Å². The van der Waals surface area contributed by atoms with Crippen molar-refractivity contribution in [2.24, 2.45) is 7.05 Å². The number of halogens is 2. The number of hydrogen-bond acceptors (Lipinski definition) is 5. The summed E-state index contributed by atoms with van der Waals surface area (Å²) in [6.45, 7) is 4.11. The molecule has 1 aliphatic heterocycles. The van der Waals surface area contributed by atoms with E-state index < -0.39 is 0 Å². The Morgan fingerprint density at radius 3 is 2.52 bits per heavy atom. The fourth-order valence-corrected chi connectivity index (χ4v) is 3.00. The van der Waals surface area contributed by atoms with E-state index in [0.717, 1.165) is 38.4 Å². The number of rotatable bonds is 3. The average Bonchev–Trinajstić information content (AvgIpc) is 2.56. The molecule has 0 saturated carbocycles. The highest BCUT2D eigenvalue weighted by molar-refractivity contribution is 6.33. The van der Waals surface area contributed by atoms with Crippen LogP contribution in [0.2, 0.25) is 10.0 Å². The van der Waals surface area contributed by atoms with Gasteiger partial charge in [0, 0.05) is 46.0 Å². The SMILES string of the molecule is Cn1ncc(N2CCN(Cc3ccc(Cl)cn3)CC2)c(Cl)c1=O. The molecule has 1 aliphatic rings. The minimum atomic E-state index is -0.267. The summed E-state index contributed by atoms with van der Waals surface area (Å²) in [6.07, 6.45) is 3.32. The minimum Gasteiger partial charge on any atom is -0.366 e. The van der Waals surface area contributed by atoms with E-state index in [1.54, 1.807) is 19.4 Å². The first-order valence-electron chi connectivity index (χ1n) is 7.34. The molecule has 0 aromatic carbocycles. The van der Waals surface area contributed by atoms with Gasteiger partial charge in [0.05, 0.1) is 22.6 Å². The topological polar surface area (TPSA) is 54.3 Å². The van der Waals surface area contributed by atoms with Crippen LogP contribution in [0.25, 0.3) is 0 Å². The molecular weight excluding hydrogens is 337 g/mol. The highest BCUT2D eigenvalue weighted by Crippen LogP contribution is 2.22. The molecule has 1 saturated heterocycles. The summed E-state index contributed by atoms with van der Waals surface area (Å²) in [4.78, 5) is 20.6. The largest absolute Gasteiger partial charge is 0.366 e. The van der Waals surface area contributed by atoms with Crippen LogP contribution in [-0.4, -0.2) is 45.8 Å². The number of hydrogen-bond donors (Lipinski definition) is 0. The maximum Gasteiger partial charge on any atom is 0.287 e. The van der Waals surface area contributed by atoms with Gasteiger partial charge in [-0.2, -0.15) is 5.10 Å². The maximum atomic E-state index is 11.9. The number of piperazine rings is 1. The summed E-state index contributed by atoms with van der Waals surface area (Å²) >= 11 is 12.0. The lowest BCUT2D eigenvalue weighted by Gasteiger charge is -2.36. The van der Waals surface area contributed by atoms with Crippen LogP contribution in [0.4, 0.5) is 5.69 Å². The lowest BCUT2D eigenvalue weighted by atomic mass is 10.2. The van der Waals surface area contributed by atoms with Crippen LogP contribution in [0.15, 0.2) is 29.3 Å². The van der Waals surface area contributed by atoms with Gasteiger partial charge >= 0.3 is 0 Å². The molecule has 2 aromatic heterocycles. The molecule has 0 bridgehead atoms. The van der Waals surface area contributed by atoms with Crippen LogP contribution in [0.1, 0.15) is 5.69 Å². The van der Waals surface area contributed by atoms with Crippen molar-refractivity contribution in [3.63, 3.8) is 0 Å². The lowest BCUT2D eigenvalue weighted by Crippen LogP contribution is -2.46. The van der Waals surface area contributed by atoms with Crippen LogP contribution in [-0.2, 0) is 13.6 Å². The predicted molar refractivity (Wildman–Crippen MR) is 91.2 cm³/mol. The summed E-state index contributed by atoms with van der Waals surface area (Å²) in [6, 6.07) is 3.79. The molecule has 0 unspecified atom stereocenters. The molecule has 6 nitrogen and oxygen atoms in total. The summed E-state index contributed by atoms with van der Waals surface area (Å²) in [5.74, 6) is 0. The molecule has 3 heterocycles. The zero-order valence-corrected chi connectivity index (χ0v) is 14.3. The molecule has 3 rings (SSSR count). The summed E-state index contributed by atoms with van der Waals surface area (Å²) in [5.41, 5.74) is 1.44. The monoisotopic (exact) mass is 353 g/mol. The van der Waals surface area contributed by atoms with E-state index in [-0.39, 0.29) is 10.6 Å². The number of nitrogens with zero attached hydrogens (tertiary/aromatic N) is 5. The molecule has 0 radical (unpaired) electrons. The third-order valence-corrected chi connectivity index (χ3v) is 4.53. The molecule has 0 spiro atoms. The first-order valence-corrected chi connectivity index (χ1v) is 8.10. The average molecular weight is 354 g/mol. The van der Waals surface area contributed by atoms with Gasteiger partial charge in [0.25, 0.3) is 5.56 Å². The Morgan fingerprint density at radius 2 is 1.87 bits per heavy atom. The van der Waals surface area contributed by atoms with Gasteiger partial charge in [0.2, 0.25) is 0 Å². The van der Waals surface area contributed by atoms with Crippen LogP contribution in [0.5, 0.6) is 0 Å². The summed E-state index contributed by atoms with van der Waals surface area (Å²) in [5, 5.41) is 4.93. The van der Waals surface area contributed by atoms with Gasteiger partial charge in [0.1, 0.15) is 5.02 Å². The summed E-state index contributed by atoms with van der Waals surface area (Å²) < 4.78 is 1.24. The van der Waals surface area contributed by atoms with Crippen molar-refractivity contribution in [1.82, 2.24) is 19.7 Å². The van der Waals surface area contributed by atoms with Crippen molar-refractivity contribution in [1.29, 1.82) is 0 Å². The van der Waals surface area contributed by atoms with Crippen LogP contribution < -0.4 is 10.5 Å². The van der Waals surface area contributed by atoms with Crippen molar-refractivity contribution in [3.8, 4) is 0 Å². The van der Waals surface area contributed by atoms with Crippen molar-refractivity contribution in [2.45, 2.75) is 6.54 Å². The Morgan fingerprint density at radius 1 is 1.13 bits per heavy atom. The van der Waals surface area contributed by atoms with E-state index in [1.807, 2.05) is 12.1 Å². The molecule has 0 aliphatic carbocycles. The molecule has 122 valence electrons. The second kappa shape index (κ2) is 6.86. The number of pyridine rings is 1. The molecule has 0 N–H and O–H groups in total. The Labute approximate surface area is 144 Å². The second-order valence-corrected chi connectivity index (χ2v) is 6.32. The zero-order chi connectivity index (χ0) is 16.4. The molecule has 0 amide bonds. The fourth-order valence-electron chi connectivity index (χ4n) is 2.60. The number of aromatic nitrogens is 3. The Bertz CT molecular complexity index is 739. The van der Waals surface area contributed by atoms with Gasteiger partial charge in [-0.1, -0.05) is 23.2 Å². The van der Waals surface area contributed by atoms with Crippen molar-refractivity contribution >= 4 is 28.9 Å². The Balaban J connectivity index is 1.63. The fraction of sp³-hybridized carbons (Fsp3) is 0.400. The van der Waals surface area contributed by atoms with Gasteiger partial charge in [-0.3, -0.25) is 14.7 Å². The molecule has 0 atom stereocenters. The van der Waals surface area contributed by atoms with Gasteiger partial charge in [-0.05, 0) is 12.1 Å². The second-order valence-electron chi connectivity index (χ2n) is 5.50. The highest BCUT2D eigenvalue weighted by Gasteiger charge is 2.21. The van der Waals surface area contributed by atoms with Crippen molar-refractivity contribution < 1.29 is 0 Å². The zero-order valence-electron chi connectivity index (χ0n) is 12.7. The Kier molecular flexibility index (Phi) is 4.84.